The second-order valence-electron chi connectivity index (χ2n) is 8.19. The van der Waals surface area contributed by atoms with E-state index < -0.39 is 0 Å². The van der Waals surface area contributed by atoms with E-state index in [0.29, 0.717) is 5.92 Å². The molecule has 1 aliphatic rings. The van der Waals surface area contributed by atoms with Crippen LogP contribution in [0.5, 0.6) is 0 Å². The summed E-state index contributed by atoms with van der Waals surface area (Å²) in [5.41, 5.74) is 6.32. The maximum Gasteiger partial charge on any atom is 0.0389 e. The van der Waals surface area contributed by atoms with Gasteiger partial charge in [-0.2, -0.15) is 0 Å². The summed E-state index contributed by atoms with van der Waals surface area (Å²) >= 11 is 1.99. The molecule has 3 rings (SSSR count). The molecule has 0 saturated heterocycles. The van der Waals surface area contributed by atoms with Crippen LogP contribution in [-0.2, 0) is 10.8 Å². The zero-order chi connectivity index (χ0) is 15.6. The van der Waals surface area contributed by atoms with E-state index in [-0.39, 0.29) is 10.8 Å². The number of thiophene rings is 1. The highest BCUT2D eigenvalue weighted by Crippen LogP contribution is 2.54. The normalized spacial score (nSPS) is 16.2. The third-order valence-corrected chi connectivity index (χ3v) is 6.37. The molecule has 1 heteroatoms. The van der Waals surface area contributed by atoms with Crippen molar-refractivity contribution < 1.29 is 0 Å². The van der Waals surface area contributed by atoms with Crippen molar-refractivity contribution in [3.8, 4) is 10.4 Å². The third kappa shape index (κ3) is 2.17. The summed E-state index contributed by atoms with van der Waals surface area (Å²) in [4.78, 5) is 2.99. The highest BCUT2D eigenvalue weighted by molar-refractivity contribution is 7.16. The first kappa shape index (κ1) is 14.8. The molecule has 0 amide bonds. The van der Waals surface area contributed by atoms with Crippen molar-refractivity contribution in [2.45, 2.75) is 65.2 Å². The standard InChI is InChI=1S/C20H26S/c1-12(2)13-8-9-14-15(10-13)20(6,7)16-11-17(19(3,4)5)21-18(14)16/h8-12H,1-7H3. The van der Waals surface area contributed by atoms with E-state index in [9.17, 15) is 0 Å². The first-order chi connectivity index (χ1) is 9.62. The molecule has 0 aliphatic heterocycles. The van der Waals surface area contributed by atoms with E-state index >= 15 is 0 Å². The lowest BCUT2D eigenvalue weighted by atomic mass is 9.81. The van der Waals surface area contributed by atoms with Gasteiger partial charge < -0.3 is 0 Å². The molecule has 0 bridgehead atoms. The molecule has 0 saturated carbocycles. The molecule has 0 radical (unpaired) electrons. The van der Waals surface area contributed by atoms with Gasteiger partial charge in [0.2, 0.25) is 0 Å². The summed E-state index contributed by atoms with van der Waals surface area (Å²) in [7, 11) is 0. The molecule has 1 heterocycles. The Kier molecular flexibility index (Phi) is 3.15. The van der Waals surface area contributed by atoms with E-state index in [2.05, 4.69) is 72.7 Å². The molecule has 0 spiro atoms. The zero-order valence-electron chi connectivity index (χ0n) is 14.3. The molecular formula is C20H26S. The van der Waals surface area contributed by atoms with Crippen molar-refractivity contribution in [2.75, 3.05) is 0 Å². The summed E-state index contributed by atoms with van der Waals surface area (Å²) < 4.78 is 0. The molecule has 1 aromatic heterocycles. The van der Waals surface area contributed by atoms with Crippen molar-refractivity contribution in [3.05, 3.63) is 45.8 Å². The van der Waals surface area contributed by atoms with Crippen LogP contribution in [0, 0.1) is 0 Å². The topological polar surface area (TPSA) is 0 Å². The quantitative estimate of drug-likeness (QED) is 0.565. The Hall–Kier alpha value is -1.08. The van der Waals surface area contributed by atoms with Gasteiger partial charge in [0, 0.05) is 15.2 Å². The van der Waals surface area contributed by atoms with E-state index in [1.54, 1.807) is 0 Å². The van der Waals surface area contributed by atoms with Crippen molar-refractivity contribution in [2.24, 2.45) is 0 Å². The highest BCUT2D eigenvalue weighted by Gasteiger charge is 2.38. The van der Waals surface area contributed by atoms with Crippen LogP contribution >= 0.6 is 11.3 Å². The second kappa shape index (κ2) is 4.46. The predicted octanol–water partition coefficient (Wildman–Crippen LogP) is 6.48. The molecular weight excluding hydrogens is 272 g/mol. The lowest BCUT2D eigenvalue weighted by molar-refractivity contribution is 0.599. The number of benzene rings is 1. The fourth-order valence-electron chi connectivity index (χ4n) is 3.21. The average Bonchev–Trinajstić information content (AvgIpc) is 2.89. The molecule has 0 unspecified atom stereocenters. The molecule has 0 N–H and O–H groups in total. The van der Waals surface area contributed by atoms with Crippen molar-refractivity contribution in [1.82, 2.24) is 0 Å². The van der Waals surface area contributed by atoms with Gasteiger partial charge in [0.05, 0.1) is 0 Å². The fraction of sp³-hybridized carbons (Fsp3) is 0.500. The Labute approximate surface area is 133 Å². The molecule has 0 atom stereocenters. The Morgan fingerprint density at radius 1 is 1.00 bits per heavy atom. The zero-order valence-corrected chi connectivity index (χ0v) is 15.1. The maximum absolute atomic E-state index is 2.45. The van der Waals surface area contributed by atoms with Crippen LogP contribution in [0.2, 0.25) is 0 Å². The molecule has 1 aromatic carbocycles. The first-order valence-electron chi connectivity index (χ1n) is 7.92. The molecule has 112 valence electrons. The van der Waals surface area contributed by atoms with Crippen molar-refractivity contribution in [1.29, 1.82) is 0 Å². The average molecular weight is 298 g/mol. The number of rotatable bonds is 1. The summed E-state index contributed by atoms with van der Waals surface area (Å²) in [6, 6.07) is 9.55. The van der Waals surface area contributed by atoms with Crippen molar-refractivity contribution in [3.63, 3.8) is 0 Å². The van der Waals surface area contributed by atoms with Gasteiger partial charge in [-0.3, -0.25) is 0 Å². The van der Waals surface area contributed by atoms with Crippen LogP contribution < -0.4 is 0 Å². The van der Waals surface area contributed by atoms with Gasteiger partial charge in [0.25, 0.3) is 0 Å². The predicted molar refractivity (Wildman–Crippen MR) is 94.7 cm³/mol. The molecule has 0 fully saturated rings. The van der Waals surface area contributed by atoms with Crippen LogP contribution in [0.4, 0.5) is 0 Å². The van der Waals surface area contributed by atoms with Crippen molar-refractivity contribution >= 4 is 11.3 Å². The largest absolute Gasteiger partial charge is 0.139 e. The van der Waals surface area contributed by atoms with Crippen LogP contribution in [-0.4, -0.2) is 0 Å². The Morgan fingerprint density at radius 2 is 1.67 bits per heavy atom. The Bertz CT molecular complexity index is 693. The summed E-state index contributed by atoms with van der Waals surface area (Å²) in [5, 5.41) is 0. The minimum absolute atomic E-state index is 0.134. The number of fused-ring (bicyclic) bond motifs is 3. The number of hydrogen-bond acceptors (Lipinski definition) is 1. The highest BCUT2D eigenvalue weighted by atomic mass is 32.1. The van der Waals surface area contributed by atoms with Gasteiger partial charge >= 0.3 is 0 Å². The molecule has 1 aliphatic carbocycles. The monoisotopic (exact) mass is 298 g/mol. The van der Waals surface area contributed by atoms with Gasteiger partial charge in [-0.05, 0) is 39.7 Å². The molecule has 0 nitrogen and oxygen atoms in total. The van der Waals surface area contributed by atoms with Gasteiger partial charge in [-0.15, -0.1) is 11.3 Å². The van der Waals surface area contributed by atoms with E-state index in [4.69, 9.17) is 0 Å². The molecule has 21 heavy (non-hydrogen) atoms. The smallest absolute Gasteiger partial charge is 0.0389 e. The first-order valence-corrected chi connectivity index (χ1v) is 8.73. The third-order valence-electron chi connectivity index (χ3n) is 4.77. The van der Waals surface area contributed by atoms with Gasteiger partial charge in [0.1, 0.15) is 0 Å². The summed E-state index contributed by atoms with van der Waals surface area (Å²) in [6.45, 7) is 16.2. The van der Waals surface area contributed by atoms with Crippen LogP contribution in [0.1, 0.15) is 76.0 Å². The van der Waals surface area contributed by atoms with Gasteiger partial charge in [-0.25, -0.2) is 0 Å². The SMILES string of the molecule is CC(C)c1ccc2c(c1)C(C)(C)c1cc(C(C)(C)C)sc1-2. The lowest BCUT2D eigenvalue weighted by Crippen LogP contribution is -2.16. The summed E-state index contributed by atoms with van der Waals surface area (Å²) in [5.74, 6) is 0.592. The lowest BCUT2D eigenvalue weighted by Gasteiger charge is -2.23. The Balaban J connectivity index is 2.21. The maximum atomic E-state index is 2.45. The second-order valence-corrected chi connectivity index (χ2v) is 9.24. The van der Waals surface area contributed by atoms with Crippen LogP contribution in [0.3, 0.4) is 0 Å². The number of hydrogen-bond donors (Lipinski definition) is 0. The van der Waals surface area contributed by atoms with Gasteiger partial charge in [-0.1, -0.05) is 66.7 Å². The van der Waals surface area contributed by atoms with Crippen LogP contribution in [0.25, 0.3) is 10.4 Å². The van der Waals surface area contributed by atoms with E-state index in [1.807, 2.05) is 11.3 Å². The Morgan fingerprint density at radius 3 is 2.24 bits per heavy atom. The minimum atomic E-state index is 0.134. The molecule has 2 aromatic rings. The van der Waals surface area contributed by atoms with Crippen LogP contribution in [0.15, 0.2) is 24.3 Å². The van der Waals surface area contributed by atoms with E-state index in [0.717, 1.165) is 0 Å². The summed E-state index contributed by atoms with van der Waals surface area (Å²) in [6.07, 6.45) is 0. The van der Waals surface area contributed by atoms with Gasteiger partial charge in [0.15, 0.2) is 0 Å². The fourth-order valence-corrected chi connectivity index (χ4v) is 4.62. The minimum Gasteiger partial charge on any atom is -0.139 e. The van der Waals surface area contributed by atoms with E-state index in [1.165, 1.54) is 32.0 Å².